The van der Waals surface area contributed by atoms with Crippen LogP contribution in [0.1, 0.15) is 106 Å². The van der Waals surface area contributed by atoms with Gasteiger partial charge in [-0.05, 0) is 78.8 Å². The highest BCUT2D eigenvalue weighted by atomic mass is 28.3. The fourth-order valence-corrected chi connectivity index (χ4v) is 11.6. The van der Waals surface area contributed by atoms with E-state index >= 15 is 0 Å². The van der Waals surface area contributed by atoms with Gasteiger partial charge in [-0.2, -0.15) is 0 Å². The summed E-state index contributed by atoms with van der Waals surface area (Å²) in [7, 11) is -3.13. The van der Waals surface area contributed by atoms with Gasteiger partial charge in [-0.3, -0.25) is 9.59 Å². The number of ether oxygens (including phenoxy) is 1. The Labute approximate surface area is 304 Å². The van der Waals surface area contributed by atoms with Gasteiger partial charge in [0.2, 0.25) is 5.91 Å². The van der Waals surface area contributed by atoms with Crippen LogP contribution in [-0.4, -0.2) is 40.7 Å². The smallest absolute Gasteiger partial charge is 0.308 e. The zero-order valence-electron chi connectivity index (χ0n) is 34.0. The molecule has 1 saturated carbocycles. The summed E-state index contributed by atoms with van der Waals surface area (Å²) in [6.07, 6.45) is 16.1. The molecule has 0 aliphatic heterocycles. The summed E-state index contributed by atoms with van der Waals surface area (Å²) in [6, 6.07) is 13.5. The van der Waals surface area contributed by atoms with Gasteiger partial charge in [-0.1, -0.05) is 148 Å². The lowest BCUT2D eigenvalue weighted by molar-refractivity contribution is -0.154. The van der Waals surface area contributed by atoms with Gasteiger partial charge in [0.05, 0.1) is 22.1 Å². The van der Waals surface area contributed by atoms with Gasteiger partial charge < -0.3 is 10.1 Å². The lowest BCUT2D eigenvalue weighted by atomic mass is 9.85. The second-order valence-electron chi connectivity index (χ2n) is 18.8. The number of rotatable bonds is 18. The number of benzene rings is 1. The van der Waals surface area contributed by atoms with Crippen LogP contribution < -0.4 is 5.32 Å². The molecule has 0 heterocycles. The van der Waals surface area contributed by atoms with Crippen molar-refractivity contribution in [3.63, 3.8) is 0 Å². The average molecular weight is 710 g/mol. The Morgan fingerprint density at radius 2 is 1.59 bits per heavy atom. The van der Waals surface area contributed by atoms with Crippen molar-refractivity contribution in [2.75, 3.05) is 6.54 Å². The minimum absolute atomic E-state index is 0.0672. The zero-order chi connectivity index (χ0) is 37.0. The molecule has 1 aliphatic rings. The number of carbonyl (C=O) groups excluding carboxylic acids is 2. The second kappa shape index (κ2) is 19.1. The summed E-state index contributed by atoms with van der Waals surface area (Å²) >= 11 is 0. The van der Waals surface area contributed by atoms with Crippen molar-refractivity contribution in [1.29, 1.82) is 0 Å². The molecule has 1 aromatic rings. The quantitative estimate of drug-likeness (QED) is 0.0714. The highest BCUT2D eigenvalue weighted by Gasteiger charge is 2.47. The number of unbranched alkanes of at least 4 members (excludes halogenated alkanes) is 1. The second-order valence-corrected chi connectivity index (χ2v) is 30.1. The molecular weight excluding hydrogens is 635 g/mol. The van der Waals surface area contributed by atoms with Gasteiger partial charge in [-0.15, -0.1) is 0 Å². The Morgan fingerprint density at radius 3 is 2.16 bits per heavy atom. The minimum atomic E-state index is -1.60. The molecule has 2 rings (SSSR count). The number of carbonyl (C=O) groups is 2. The first-order valence-corrected chi connectivity index (χ1v) is 25.9. The molecule has 0 saturated heterocycles. The number of nitrogens with one attached hydrogen (secondary N) is 1. The molecule has 0 spiro atoms. The predicted molar refractivity (Wildman–Crippen MR) is 217 cm³/mol. The van der Waals surface area contributed by atoms with Crippen LogP contribution in [0.2, 0.25) is 48.4 Å². The highest BCUT2D eigenvalue weighted by molar-refractivity contribution is 6.80. The summed E-state index contributed by atoms with van der Waals surface area (Å²) in [5, 5.41) is 3.54. The van der Waals surface area contributed by atoms with Crippen molar-refractivity contribution in [2.45, 2.75) is 162 Å². The van der Waals surface area contributed by atoms with E-state index in [1.165, 1.54) is 17.7 Å². The maximum absolute atomic E-state index is 13.1. The standard InChI is InChI=1S/C43H75NO3Si2/c1-14-44-40(45)25-21-16-15-20-24-38-37(36(32-49(12,13)43(7,8)9)30-39(38)47-41(46)33(2)3)29-28-35(31-48(10,11)42(4,5)6)27-26-34-22-18-17-19-23-34/h15,17-20,22-23,28-29,33,35-39H,14,16,21,24-27,30-32H2,1-13H3,(H,44,45). The van der Waals surface area contributed by atoms with E-state index in [0.29, 0.717) is 40.8 Å². The van der Waals surface area contributed by atoms with Crippen molar-refractivity contribution in [3.8, 4) is 0 Å². The van der Waals surface area contributed by atoms with Crippen LogP contribution in [0.3, 0.4) is 0 Å². The highest BCUT2D eigenvalue weighted by Crippen LogP contribution is 2.50. The van der Waals surface area contributed by atoms with Crippen LogP contribution in [0.15, 0.2) is 54.6 Å². The number of aryl methyl sites for hydroxylation is 1. The Hall–Kier alpha value is -1.93. The van der Waals surface area contributed by atoms with E-state index in [-0.39, 0.29) is 29.8 Å². The van der Waals surface area contributed by atoms with Crippen molar-refractivity contribution in [2.24, 2.45) is 29.6 Å². The van der Waals surface area contributed by atoms with E-state index in [2.05, 4.69) is 128 Å². The summed E-state index contributed by atoms with van der Waals surface area (Å²) < 4.78 is 6.38. The largest absolute Gasteiger partial charge is 0.462 e. The van der Waals surface area contributed by atoms with Gasteiger partial charge in [0.1, 0.15) is 6.10 Å². The Bertz CT molecular complexity index is 1210. The zero-order valence-corrected chi connectivity index (χ0v) is 36.0. The number of amides is 1. The van der Waals surface area contributed by atoms with Crippen molar-refractivity contribution in [1.82, 2.24) is 5.32 Å². The van der Waals surface area contributed by atoms with Gasteiger partial charge in [0, 0.05) is 18.9 Å². The van der Waals surface area contributed by atoms with E-state index in [4.69, 9.17) is 4.74 Å². The van der Waals surface area contributed by atoms with Crippen molar-refractivity contribution in [3.05, 3.63) is 60.2 Å². The first kappa shape index (κ1) is 43.2. The van der Waals surface area contributed by atoms with Crippen molar-refractivity contribution < 1.29 is 14.3 Å². The van der Waals surface area contributed by atoms with E-state index in [9.17, 15) is 9.59 Å². The molecule has 1 aliphatic carbocycles. The lowest BCUT2D eigenvalue weighted by Crippen LogP contribution is -2.39. The third-order valence-electron chi connectivity index (χ3n) is 12.4. The molecule has 1 N–H and O–H groups in total. The molecule has 0 bridgehead atoms. The molecule has 278 valence electrons. The molecule has 0 aromatic heterocycles. The summed E-state index contributed by atoms with van der Waals surface area (Å²) in [5.41, 5.74) is 1.42. The Kier molecular flexibility index (Phi) is 16.8. The van der Waals surface area contributed by atoms with Gasteiger partial charge in [0.15, 0.2) is 0 Å². The van der Waals surface area contributed by atoms with Crippen LogP contribution in [-0.2, 0) is 20.7 Å². The fraction of sp³-hybridized carbons (Fsp3) is 0.721. The molecular formula is C43H75NO3Si2. The number of esters is 1. The monoisotopic (exact) mass is 710 g/mol. The molecule has 5 atom stereocenters. The van der Waals surface area contributed by atoms with E-state index in [0.717, 1.165) is 38.5 Å². The number of hydrogen-bond donors (Lipinski definition) is 1. The van der Waals surface area contributed by atoms with Crippen LogP contribution >= 0.6 is 0 Å². The van der Waals surface area contributed by atoms with Gasteiger partial charge in [-0.25, -0.2) is 0 Å². The van der Waals surface area contributed by atoms with Gasteiger partial charge in [0.25, 0.3) is 0 Å². The first-order valence-electron chi connectivity index (χ1n) is 19.5. The fourth-order valence-electron chi connectivity index (χ4n) is 6.99. The summed E-state index contributed by atoms with van der Waals surface area (Å²) in [4.78, 5) is 25.0. The average Bonchev–Trinajstić information content (AvgIpc) is 3.29. The minimum Gasteiger partial charge on any atom is -0.462 e. The normalized spacial score (nSPS) is 21.5. The molecule has 0 radical (unpaired) electrons. The Morgan fingerprint density at radius 1 is 0.959 bits per heavy atom. The summed E-state index contributed by atoms with van der Waals surface area (Å²) in [6.45, 7) is 31.4. The topological polar surface area (TPSA) is 55.4 Å². The molecule has 49 heavy (non-hydrogen) atoms. The van der Waals surface area contributed by atoms with Crippen LogP contribution in [0, 0.1) is 29.6 Å². The van der Waals surface area contributed by atoms with E-state index in [1.54, 1.807) is 0 Å². The summed E-state index contributed by atoms with van der Waals surface area (Å²) in [5.74, 6) is 1.58. The predicted octanol–water partition coefficient (Wildman–Crippen LogP) is 11.9. The van der Waals surface area contributed by atoms with E-state index in [1.807, 2.05) is 20.8 Å². The molecule has 1 aromatic carbocycles. The van der Waals surface area contributed by atoms with Crippen LogP contribution in [0.5, 0.6) is 0 Å². The van der Waals surface area contributed by atoms with Crippen LogP contribution in [0.25, 0.3) is 0 Å². The maximum atomic E-state index is 13.1. The van der Waals surface area contributed by atoms with Gasteiger partial charge >= 0.3 is 5.97 Å². The SMILES string of the molecule is CCNC(=O)CCCC=CCC1C(OC(=O)C(C)C)CC(C[Si](C)(C)C(C)(C)C)C1C=CC(CCc1ccccc1)C[Si](C)(C)C(C)(C)C. The Balaban J connectivity index is 2.48. The number of allylic oxidation sites excluding steroid dienone is 4. The molecule has 1 fully saturated rings. The van der Waals surface area contributed by atoms with Crippen molar-refractivity contribution >= 4 is 28.0 Å². The third-order valence-corrected chi connectivity index (χ3v) is 23.6. The lowest BCUT2D eigenvalue weighted by Gasteiger charge is -2.40. The first-order chi connectivity index (χ1) is 22.7. The third kappa shape index (κ3) is 14.0. The van der Waals surface area contributed by atoms with E-state index < -0.39 is 16.1 Å². The van der Waals surface area contributed by atoms with Crippen LogP contribution in [0.4, 0.5) is 0 Å². The molecule has 4 nitrogen and oxygen atoms in total. The molecule has 6 heteroatoms. The number of hydrogen-bond acceptors (Lipinski definition) is 3. The maximum Gasteiger partial charge on any atom is 0.308 e. The molecule has 1 amide bonds. The molecule has 5 unspecified atom stereocenters.